The Morgan fingerprint density at radius 3 is 2.38 bits per heavy atom. The van der Waals surface area contributed by atoms with Gasteiger partial charge in [-0.05, 0) is 62.9 Å². The Bertz CT molecular complexity index is 1150. The van der Waals surface area contributed by atoms with Gasteiger partial charge in [-0.15, -0.1) is 0 Å². The fraction of sp³-hybridized carbons (Fsp3) is 0.346. The minimum absolute atomic E-state index is 0.0579. The zero-order valence-electron chi connectivity index (χ0n) is 19.5. The standard InChI is InChI=1S/C26H28F2N4O2/c1-26(2,3)34-25(33)32-13-11-21(12-14-32)30-24-29-16-22(28)23(31-24)19-6-4-5-18(15-19)17-7-9-20(27)10-8-17/h4-10,15-16,21H,11-14H2,1-3H3,(H,29,30,31). The van der Waals surface area contributed by atoms with E-state index in [2.05, 4.69) is 15.3 Å². The summed E-state index contributed by atoms with van der Waals surface area (Å²) in [6.45, 7) is 6.65. The lowest BCUT2D eigenvalue weighted by atomic mass is 10.0. The maximum Gasteiger partial charge on any atom is 0.410 e. The quantitative estimate of drug-likeness (QED) is 0.519. The normalized spacial score (nSPS) is 14.7. The number of hydrogen-bond donors (Lipinski definition) is 1. The molecular formula is C26H28F2N4O2. The number of nitrogens with zero attached hydrogens (tertiary/aromatic N) is 3. The summed E-state index contributed by atoms with van der Waals surface area (Å²) >= 11 is 0. The zero-order valence-corrected chi connectivity index (χ0v) is 19.5. The van der Waals surface area contributed by atoms with E-state index in [0.29, 0.717) is 37.4 Å². The van der Waals surface area contributed by atoms with Gasteiger partial charge >= 0.3 is 6.09 Å². The van der Waals surface area contributed by atoms with E-state index in [4.69, 9.17) is 4.74 Å². The monoisotopic (exact) mass is 466 g/mol. The third-order valence-electron chi connectivity index (χ3n) is 5.54. The van der Waals surface area contributed by atoms with Crippen molar-refractivity contribution in [2.75, 3.05) is 18.4 Å². The van der Waals surface area contributed by atoms with Gasteiger partial charge in [0.25, 0.3) is 0 Å². The van der Waals surface area contributed by atoms with Gasteiger partial charge in [0, 0.05) is 24.7 Å². The van der Waals surface area contributed by atoms with Gasteiger partial charge in [0.05, 0.1) is 6.20 Å². The molecule has 2 heterocycles. The van der Waals surface area contributed by atoms with Crippen LogP contribution >= 0.6 is 0 Å². The number of piperidine rings is 1. The molecule has 1 saturated heterocycles. The van der Waals surface area contributed by atoms with Gasteiger partial charge in [0.2, 0.25) is 5.95 Å². The van der Waals surface area contributed by atoms with Crippen molar-refractivity contribution in [3.05, 3.63) is 66.4 Å². The van der Waals surface area contributed by atoms with Crippen molar-refractivity contribution in [3.63, 3.8) is 0 Å². The Labute approximate surface area is 198 Å². The second-order valence-electron chi connectivity index (χ2n) is 9.36. The molecule has 0 bridgehead atoms. The van der Waals surface area contributed by atoms with Gasteiger partial charge in [0.15, 0.2) is 5.82 Å². The molecule has 1 amide bonds. The van der Waals surface area contributed by atoms with Gasteiger partial charge in [-0.25, -0.2) is 23.5 Å². The number of likely N-dealkylation sites (tertiary alicyclic amines) is 1. The lowest BCUT2D eigenvalue weighted by molar-refractivity contribution is 0.0210. The van der Waals surface area contributed by atoms with Crippen LogP contribution in [0.15, 0.2) is 54.7 Å². The summed E-state index contributed by atoms with van der Waals surface area (Å²) in [5.41, 5.74) is 1.92. The third kappa shape index (κ3) is 5.87. The first-order valence-corrected chi connectivity index (χ1v) is 11.3. The molecule has 0 saturated carbocycles. The van der Waals surface area contributed by atoms with E-state index in [1.807, 2.05) is 39.0 Å². The highest BCUT2D eigenvalue weighted by atomic mass is 19.1. The highest BCUT2D eigenvalue weighted by molar-refractivity contribution is 5.72. The molecule has 178 valence electrons. The highest BCUT2D eigenvalue weighted by Gasteiger charge is 2.27. The molecule has 2 aromatic carbocycles. The Balaban J connectivity index is 1.45. The number of nitrogens with one attached hydrogen (secondary N) is 1. The average Bonchev–Trinajstić information content (AvgIpc) is 2.80. The van der Waals surface area contributed by atoms with Gasteiger partial charge in [-0.2, -0.15) is 0 Å². The van der Waals surface area contributed by atoms with Crippen LogP contribution in [0.4, 0.5) is 19.5 Å². The number of carbonyl (C=O) groups excluding carboxylic acids is 1. The summed E-state index contributed by atoms with van der Waals surface area (Å²) in [6.07, 6.45) is 2.25. The van der Waals surface area contributed by atoms with E-state index >= 15 is 0 Å². The second kappa shape index (κ2) is 9.75. The summed E-state index contributed by atoms with van der Waals surface area (Å²) in [6, 6.07) is 13.5. The van der Waals surface area contributed by atoms with Crippen molar-refractivity contribution in [1.29, 1.82) is 0 Å². The lowest BCUT2D eigenvalue weighted by Crippen LogP contribution is -2.44. The van der Waals surface area contributed by atoms with Gasteiger partial charge < -0.3 is 15.0 Å². The van der Waals surface area contributed by atoms with E-state index in [-0.39, 0.29) is 23.6 Å². The molecule has 1 N–H and O–H groups in total. The fourth-order valence-corrected chi connectivity index (χ4v) is 3.84. The van der Waals surface area contributed by atoms with Gasteiger partial charge in [-0.1, -0.05) is 30.3 Å². The molecule has 4 rings (SSSR count). The molecule has 1 fully saturated rings. The smallest absolute Gasteiger partial charge is 0.410 e. The molecule has 6 nitrogen and oxygen atoms in total. The van der Waals surface area contributed by atoms with E-state index < -0.39 is 11.4 Å². The Kier molecular flexibility index (Phi) is 6.77. The summed E-state index contributed by atoms with van der Waals surface area (Å²) in [7, 11) is 0. The number of halogens is 2. The number of hydrogen-bond acceptors (Lipinski definition) is 5. The Morgan fingerprint density at radius 1 is 1.03 bits per heavy atom. The average molecular weight is 467 g/mol. The van der Waals surface area contributed by atoms with Crippen LogP contribution in [0, 0.1) is 11.6 Å². The summed E-state index contributed by atoms with van der Waals surface area (Å²) < 4.78 is 33.3. The molecule has 0 unspecified atom stereocenters. The minimum Gasteiger partial charge on any atom is -0.444 e. The molecule has 0 radical (unpaired) electrons. The van der Waals surface area contributed by atoms with E-state index in [1.54, 1.807) is 23.1 Å². The van der Waals surface area contributed by atoms with Crippen molar-refractivity contribution in [2.24, 2.45) is 0 Å². The van der Waals surface area contributed by atoms with Crippen LogP contribution in [-0.4, -0.2) is 45.7 Å². The summed E-state index contributed by atoms with van der Waals surface area (Å²) in [5.74, 6) is -0.504. The summed E-state index contributed by atoms with van der Waals surface area (Å²) in [4.78, 5) is 22.5. The number of carbonyl (C=O) groups is 1. The van der Waals surface area contributed by atoms with Crippen LogP contribution in [0.5, 0.6) is 0 Å². The van der Waals surface area contributed by atoms with Crippen LogP contribution in [0.25, 0.3) is 22.4 Å². The van der Waals surface area contributed by atoms with Gasteiger partial charge in [0.1, 0.15) is 17.1 Å². The van der Waals surface area contributed by atoms with Crippen LogP contribution in [0.2, 0.25) is 0 Å². The number of benzene rings is 2. The number of amides is 1. The number of rotatable bonds is 4. The minimum atomic E-state index is -0.529. The molecule has 3 aromatic rings. The molecule has 1 aromatic heterocycles. The van der Waals surface area contributed by atoms with Crippen molar-refractivity contribution >= 4 is 12.0 Å². The molecule has 1 aliphatic rings. The zero-order chi connectivity index (χ0) is 24.3. The molecule has 8 heteroatoms. The molecule has 0 spiro atoms. The van der Waals surface area contributed by atoms with Gasteiger partial charge in [-0.3, -0.25) is 0 Å². The SMILES string of the molecule is CC(C)(C)OC(=O)N1CCC(Nc2ncc(F)c(-c3cccc(-c4ccc(F)cc4)c3)n2)CC1. The van der Waals surface area contributed by atoms with E-state index in [9.17, 15) is 13.6 Å². The van der Waals surface area contributed by atoms with Crippen LogP contribution in [0.3, 0.4) is 0 Å². The second-order valence-corrected chi connectivity index (χ2v) is 9.36. The van der Waals surface area contributed by atoms with Crippen molar-refractivity contribution in [2.45, 2.75) is 45.3 Å². The maximum atomic E-state index is 14.6. The van der Waals surface area contributed by atoms with Crippen LogP contribution < -0.4 is 5.32 Å². The topological polar surface area (TPSA) is 67.3 Å². The van der Waals surface area contributed by atoms with Crippen LogP contribution in [-0.2, 0) is 4.74 Å². The predicted molar refractivity (Wildman–Crippen MR) is 127 cm³/mol. The molecule has 0 atom stereocenters. The first kappa shape index (κ1) is 23.6. The first-order chi connectivity index (χ1) is 16.2. The fourth-order valence-electron chi connectivity index (χ4n) is 3.84. The van der Waals surface area contributed by atoms with Crippen molar-refractivity contribution in [3.8, 4) is 22.4 Å². The number of aromatic nitrogens is 2. The lowest BCUT2D eigenvalue weighted by Gasteiger charge is -2.33. The maximum absolute atomic E-state index is 14.6. The number of ether oxygens (including phenoxy) is 1. The molecule has 1 aliphatic heterocycles. The largest absolute Gasteiger partial charge is 0.444 e. The molecular weight excluding hydrogens is 438 g/mol. The molecule has 0 aliphatic carbocycles. The van der Waals surface area contributed by atoms with Crippen molar-refractivity contribution < 1.29 is 18.3 Å². The van der Waals surface area contributed by atoms with Crippen LogP contribution in [0.1, 0.15) is 33.6 Å². The first-order valence-electron chi connectivity index (χ1n) is 11.3. The number of anilines is 1. The highest BCUT2D eigenvalue weighted by Crippen LogP contribution is 2.28. The Morgan fingerprint density at radius 2 is 1.71 bits per heavy atom. The predicted octanol–water partition coefficient (Wildman–Crippen LogP) is 5.90. The summed E-state index contributed by atoms with van der Waals surface area (Å²) in [5, 5.41) is 3.27. The van der Waals surface area contributed by atoms with E-state index in [0.717, 1.165) is 17.3 Å². The Hall–Kier alpha value is -3.55. The van der Waals surface area contributed by atoms with Crippen molar-refractivity contribution in [1.82, 2.24) is 14.9 Å². The molecule has 34 heavy (non-hydrogen) atoms. The third-order valence-corrected chi connectivity index (χ3v) is 5.54. The van der Waals surface area contributed by atoms with E-state index in [1.165, 1.54) is 12.1 Å².